The predicted octanol–water partition coefficient (Wildman–Crippen LogP) is 3.68. The zero-order chi connectivity index (χ0) is 14.8. The topological polar surface area (TPSA) is 55.1 Å². The van der Waals surface area contributed by atoms with Gasteiger partial charge in [0.05, 0.1) is 0 Å². The lowest BCUT2D eigenvalue weighted by Crippen LogP contribution is -2.21. The van der Waals surface area contributed by atoms with Crippen LogP contribution in [0, 0.1) is 11.7 Å². The van der Waals surface area contributed by atoms with E-state index in [4.69, 9.17) is 5.73 Å². The van der Waals surface area contributed by atoms with Crippen molar-refractivity contribution in [2.75, 3.05) is 5.32 Å². The van der Waals surface area contributed by atoms with Gasteiger partial charge in [0.15, 0.2) is 0 Å². The molecule has 1 fully saturated rings. The van der Waals surface area contributed by atoms with Crippen LogP contribution in [0.25, 0.3) is 0 Å². The van der Waals surface area contributed by atoms with E-state index in [1.165, 1.54) is 31.7 Å². The zero-order valence-electron chi connectivity index (χ0n) is 12.3. The highest BCUT2D eigenvalue weighted by molar-refractivity contribution is 5.93. The summed E-state index contributed by atoms with van der Waals surface area (Å²) in [5.74, 6) is 0.436. The number of fused-ring (bicyclic) bond motifs is 1. The molecular formula is C17H23FN2O. The van der Waals surface area contributed by atoms with Crippen molar-refractivity contribution in [2.45, 2.75) is 57.4 Å². The van der Waals surface area contributed by atoms with Gasteiger partial charge in [-0.05, 0) is 42.9 Å². The Labute approximate surface area is 125 Å². The first kappa shape index (κ1) is 14.5. The molecular weight excluding hydrogens is 267 g/mol. The Bertz CT molecular complexity index is 538. The van der Waals surface area contributed by atoms with Crippen molar-refractivity contribution in [3.05, 3.63) is 29.1 Å². The minimum absolute atomic E-state index is 0.0415. The molecule has 3 nitrogen and oxygen atoms in total. The Balaban J connectivity index is 1.70. The highest BCUT2D eigenvalue weighted by Crippen LogP contribution is 2.33. The van der Waals surface area contributed by atoms with Gasteiger partial charge in [-0.3, -0.25) is 4.79 Å². The standard InChI is InChI=1S/C17H23FN2O/c18-14-10-16-12(6-8-17(21)20-16)9-13(14)15(19)7-5-11-3-1-2-4-11/h9-11,15H,1-8,19H2,(H,20,21). The van der Waals surface area contributed by atoms with E-state index in [2.05, 4.69) is 5.32 Å². The zero-order valence-corrected chi connectivity index (χ0v) is 12.3. The number of aryl methyl sites for hydroxylation is 1. The number of carbonyl (C=O) groups excluding carboxylic acids is 1. The normalized spacial score (nSPS) is 20.2. The van der Waals surface area contributed by atoms with Crippen molar-refractivity contribution in [3.8, 4) is 0 Å². The van der Waals surface area contributed by atoms with Gasteiger partial charge in [-0.15, -0.1) is 0 Å². The Morgan fingerprint density at radius 2 is 2.05 bits per heavy atom. The lowest BCUT2D eigenvalue weighted by atomic mass is 9.92. The summed E-state index contributed by atoms with van der Waals surface area (Å²) in [5, 5.41) is 2.72. The molecule has 3 rings (SSSR count). The molecule has 1 atom stereocenters. The van der Waals surface area contributed by atoms with Crippen molar-refractivity contribution < 1.29 is 9.18 Å². The molecule has 0 saturated heterocycles. The number of amides is 1. The molecule has 1 aromatic carbocycles. The van der Waals surface area contributed by atoms with E-state index in [0.29, 0.717) is 24.1 Å². The smallest absolute Gasteiger partial charge is 0.224 e. The fraction of sp³-hybridized carbons (Fsp3) is 0.588. The number of anilines is 1. The number of nitrogens with one attached hydrogen (secondary N) is 1. The van der Waals surface area contributed by atoms with Gasteiger partial charge in [-0.2, -0.15) is 0 Å². The summed E-state index contributed by atoms with van der Waals surface area (Å²) < 4.78 is 14.2. The maximum Gasteiger partial charge on any atom is 0.224 e. The summed E-state index contributed by atoms with van der Waals surface area (Å²) in [7, 11) is 0. The van der Waals surface area contributed by atoms with Crippen LogP contribution in [0.15, 0.2) is 12.1 Å². The number of hydrogen-bond acceptors (Lipinski definition) is 2. The third-order valence-electron chi connectivity index (χ3n) is 4.88. The van der Waals surface area contributed by atoms with E-state index in [-0.39, 0.29) is 17.8 Å². The van der Waals surface area contributed by atoms with Crippen LogP contribution >= 0.6 is 0 Å². The molecule has 1 saturated carbocycles. The predicted molar refractivity (Wildman–Crippen MR) is 81.5 cm³/mol. The van der Waals surface area contributed by atoms with Crippen LogP contribution in [0.2, 0.25) is 0 Å². The molecule has 1 aliphatic carbocycles. The Kier molecular flexibility index (Phi) is 4.24. The largest absolute Gasteiger partial charge is 0.326 e. The summed E-state index contributed by atoms with van der Waals surface area (Å²) in [6.07, 6.45) is 8.32. The summed E-state index contributed by atoms with van der Waals surface area (Å²) in [6, 6.07) is 3.04. The fourth-order valence-corrected chi connectivity index (χ4v) is 3.58. The molecule has 0 radical (unpaired) electrons. The third kappa shape index (κ3) is 3.26. The van der Waals surface area contributed by atoms with Gasteiger partial charge < -0.3 is 11.1 Å². The van der Waals surface area contributed by atoms with Crippen LogP contribution in [-0.2, 0) is 11.2 Å². The summed E-state index contributed by atoms with van der Waals surface area (Å²) in [5.41, 5.74) is 8.42. The SMILES string of the molecule is NC(CCC1CCCC1)c1cc2c(cc1F)NC(=O)CC2. The van der Waals surface area contributed by atoms with Crippen molar-refractivity contribution in [2.24, 2.45) is 11.7 Å². The van der Waals surface area contributed by atoms with E-state index in [1.54, 1.807) is 0 Å². The molecule has 1 aromatic rings. The lowest BCUT2D eigenvalue weighted by molar-refractivity contribution is -0.116. The number of rotatable bonds is 4. The number of nitrogens with two attached hydrogens (primary N) is 1. The van der Waals surface area contributed by atoms with Crippen LogP contribution in [-0.4, -0.2) is 5.91 Å². The first-order valence-electron chi connectivity index (χ1n) is 8.01. The Hall–Kier alpha value is -1.42. The second-order valence-electron chi connectivity index (χ2n) is 6.41. The maximum absolute atomic E-state index is 14.2. The second-order valence-corrected chi connectivity index (χ2v) is 6.41. The van der Waals surface area contributed by atoms with Gasteiger partial charge in [-0.25, -0.2) is 4.39 Å². The van der Waals surface area contributed by atoms with E-state index >= 15 is 0 Å². The third-order valence-corrected chi connectivity index (χ3v) is 4.88. The minimum atomic E-state index is -0.296. The van der Waals surface area contributed by atoms with Gasteiger partial charge in [0.1, 0.15) is 5.82 Å². The molecule has 114 valence electrons. The van der Waals surface area contributed by atoms with Gasteiger partial charge >= 0.3 is 0 Å². The number of hydrogen-bond donors (Lipinski definition) is 2. The van der Waals surface area contributed by atoms with E-state index in [9.17, 15) is 9.18 Å². The van der Waals surface area contributed by atoms with Crippen molar-refractivity contribution in [3.63, 3.8) is 0 Å². The molecule has 0 bridgehead atoms. The van der Waals surface area contributed by atoms with Gasteiger partial charge in [0, 0.05) is 23.7 Å². The number of benzene rings is 1. The first-order chi connectivity index (χ1) is 10.1. The molecule has 2 aliphatic rings. The van der Waals surface area contributed by atoms with Gasteiger partial charge in [-0.1, -0.05) is 25.7 Å². The van der Waals surface area contributed by atoms with Crippen LogP contribution in [0.3, 0.4) is 0 Å². The van der Waals surface area contributed by atoms with E-state index in [0.717, 1.165) is 24.3 Å². The van der Waals surface area contributed by atoms with Gasteiger partial charge in [0.2, 0.25) is 5.91 Å². The van der Waals surface area contributed by atoms with Crippen LogP contribution < -0.4 is 11.1 Å². The monoisotopic (exact) mass is 290 g/mol. The lowest BCUT2D eigenvalue weighted by Gasteiger charge is -2.21. The van der Waals surface area contributed by atoms with Gasteiger partial charge in [0.25, 0.3) is 0 Å². The summed E-state index contributed by atoms with van der Waals surface area (Å²) in [4.78, 5) is 11.3. The van der Waals surface area contributed by atoms with Crippen molar-refractivity contribution >= 4 is 11.6 Å². The van der Waals surface area contributed by atoms with Crippen LogP contribution in [0.1, 0.15) is 62.1 Å². The molecule has 1 amide bonds. The first-order valence-corrected chi connectivity index (χ1v) is 8.01. The molecule has 1 unspecified atom stereocenters. The van der Waals surface area contributed by atoms with Crippen LogP contribution in [0.5, 0.6) is 0 Å². The molecule has 3 N–H and O–H groups in total. The second kappa shape index (κ2) is 6.14. The quantitative estimate of drug-likeness (QED) is 0.888. The van der Waals surface area contributed by atoms with E-state index in [1.807, 2.05) is 6.07 Å². The Morgan fingerprint density at radius 3 is 2.81 bits per heavy atom. The number of carbonyl (C=O) groups is 1. The number of halogens is 1. The molecule has 4 heteroatoms. The van der Waals surface area contributed by atoms with Crippen molar-refractivity contribution in [1.29, 1.82) is 0 Å². The van der Waals surface area contributed by atoms with E-state index < -0.39 is 0 Å². The minimum Gasteiger partial charge on any atom is -0.326 e. The average molecular weight is 290 g/mol. The highest BCUT2D eigenvalue weighted by atomic mass is 19.1. The molecule has 1 heterocycles. The molecule has 0 aromatic heterocycles. The fourth-order valence-electron chi connectivity index (χ4n) is 3.58. The molecule has 0 spiro atoms. The average Bonchev–Trinajstić information content (AvgIpc) is 2.97. The highest BCUT2D eigenvalue weighted by Gasteiger charge is 2.21. The molecule has 1 aliphatic heterocycles. The molecule has 21 heavy (non-hydrogen) atoms. The Morgan fingerprint density at radius 1 is 1.29 bits per heavy atom. The van der Waals surface area contributed by atoms with Crippen molar-refractivity contribution in [1.82, 2.24) is 0 Å². The summed E-state index contributed by atoms with van der Waals surface area (Å²) in [6.45, 7) is 0. The summed E-state index contributed by atoms with van der Waals surface area (Å²) >= 11 is 0. The van der Waals surface area contributed by atoms with Crippen LogP contribution in [0.4, 0.5) is 10.1 Å². The maximum atomic E-state index is 14.2.